The SMILES string of the molecule is CN1C[C@@H]2CNC(=O)c3cc(-c4ccc5c(c4)OCC5)ccc3[C@H]2C1. The number of benzene rings is 2. The molecule has 4 heteroatoms. The van der Waals surface area contributed by atoms with Gasteiger partial charge in [0.25, 0.3) is 5.91 Å². The van der Waals surface area contributed by atoms with Crippen LogP contribution in [-0.2, 0) is 6.42 Å². The number of likely N-dealkylation sites (N-methyl/N-ethyl adjacent to an activating group) is 1. The molecule has 0 aliphatic carbocycles. The van der Waals surface area contributed by atoms with Gasteiger partial charge in [-0.15, -0.1) is 0 Å². The zero-order valence-corrected chi connectivity index (χ0v) is 14.4. The van der Waals surface area contributed by atoms with Crippen LogP contribution in [0.5, 0.6) is 5.75 Å². The van der Waals surface area contributed by atoms with Gasteiger partial charge in [0.05, 0.1) is 6.61 Å². The van der Waals surface area contributed by atoms with E-state index in [4.69, 9.17) is 4.74 Å². The van der Waals surface area contributed by atoms with Crippen molar-refractivity contribution in [2.75, 3.05) is 33.3 Å². The minimum atomic E-state index is 0.0614. The molecule has 0 bridgehead atoms. The molecule has 2 atom stereocenters. The van der Waals surface area contributed by atoms with Crippen LogP contribution in [0.15, 0.2) is 36.4 Å². The molecular weight excluding hydrogens is 312 g/mol. The van der Waals surface area contributed by atoms with Crippen molar-refractivity contribution in [1.82, 2.24) is 10.2 Å². The predicted molar refractivity (Wildman–Crippen MR) is 97.1 cm³/mol. The first-order valence-electron chi connectivity index (χ1n) is 9.06. The van der Waals surface area contributed by atoms with Crippen LogP contribution in [0.2, 0.25) is 0 Å². The number of hydrogen-bond acceptors (Lipinski definition) is 3. The summed E-state index contributed by atoms with van der Waals surface area (Å²) >= 11 is 0. The number of hydrogen-bond donors (Lipinski definition) is 1. The average Bonchev–Trinajstić information content (AvgIpc) is 3.21. The maximum absolute atomic E-state index is 12.6. The van der Waals surface area contributed by atoms with Crippen molar-refractivity contribution >= 4 is 5.91 Å². The number of carbonyl (C=O) groups excluding carboxylic acids is 1. The van der Waals surface area contributed by atoms with E-state index < -0.39 is 0 Å². The number of ether oxygens (including phenoxy) is 1. The Labute approximate surface area is 147 Å². The Morgan fingerprint density at radius 3 is 2.88 bits per heavy atom. The third-order valence-corrected chi connectivity index (χ3v) is 5.88. The first-order valence-corrected chi connectivity index (χ1v) is 9.06. The normalized spacial score (nSPS) is 24.8. The predicted octanol–water partition coefficient (Wildman–Crippen LogP) is 2.68. The number of amides is 1. The van der Waals surface area contributed by atoms with Crippen LogP contribution in [-0.4, -0.2) is 44.1 Å². The Balaban J connectivity index is 1.57. The quantitative estimate of drug-likeness (QED) is 0.872. The van der Waals surface area contributed by atoms with E-state index in [1.807, 2.05) is 0 Å². The molecule has 3 aliphatic rings. The Morgan fingerprint density at radius 2 is 1.96 bits per heavy atom. The summed E-state index contributed by atoms with van der Waals surface area (Å²) < 4.78 is 5.70. The lowest BCUT2D eigenvalue weighted by molar-refractivity contribution is 0.0951. The molecule has 1 fully saturated rings. The second-order valence-electron chi connectivity index (χ2n) is 7.52. The molecule has 4 nitrogen and oxygen atoms in total. The minimum Gasteiger partial charge on any atom is -0.493 e. The van der Waals surface area contributed by atoms with Gasteiger partial charge in [0, 0.05) is 37.5 Å². The fraction of sp³-hybridized carbons (Fsp3) is 0.381. The summed E-state index contributed by atoms with van der Waals surface area (Å²) in [6, 6.07) is 12.8. The standard InChI is InChI=1S/C21H22N2O2/c1-23-11-16-10-22-21(24)18-8-14(4-5-17(18)19(16)12-23)15-3-2-13-6-7-25-20(13)9-15/h2-5,8-9,16,19H,6-7,10-12H2,1H3,(H,22,24)/t16-,19-/m0/s1. The summed E-state index contributed by atoms with van der Waals surface area (Å²) in [5.41, 5.74) is 5.50. The van der Waals surface area contributed by atoms with Gasteiger partial charge in [-0.25, -0.2) is 0 Å². The molecular formula is C21H22N2O2. The topological polar surface area (TPSA) is 41.6 Å². The number of nitrogens with zero attached hydrogens (tertiary/aromatic N) is 1. The van der Waals surface area contributed by atoms with Gasteiger partial charge in [-0.2, -0.15) is 0 Å². The van der Waals surface area contributed by atoms with Crippen LogP contribution in [0.3, 0.4) is 0 Å². The van der Waals surface area contributed by atoms with Crippen molar-refractivity contribution in [2.45, 2.75) is 12.3 Å². The smallest absolute Gasteiger partial charge is 0.251 e. The van der Waals surface area contributed by atoms with E-state index in [1.165, 1.54) is 11.1 Å². The highest BCUT2D eigenvalue weighted by Crippen LogP contribution is 2.38. The van der Waals surface area contributed by atoms with Gasteiger partial charge >= 0.3 is 0 Å². The number of fused-ring (bicyclic) bond motifs is 4. The lowest BCUT2D eigenvalue weighted by Gasteiger charge is -2.17. The molecule has 25 heavy (non-hydrogen) atoms. The van der Waals surface area contributed by atoms with Crippen molar-refractivity contribution in [1.29, 1.82) is 0 Å². The minimum absolute atomic E-state index is 0.0614. The third-order valence-electron chi connectivity index (χ3n) is 5.88. The molecule has 2 aromatic carbocycles. The third kappa shape index (κ3) is 2.44. The fourth-order valence-corrected chi connectivity index (χ4v) is 4.57. The Hall–Kier alpha value is -2.33. The zero-order valence-electron chi connectivity index (χ0n) is 14.4. The highest BCUT2D eigenvalue weighted by molar-refractivity contribution is 5.97. The van der Waals surface area contributed by atoms with Gasteiger partial charge in [-0.1, -0.05) is 24.3 Å². The summed E-state index contributed by atoms with van der Waals surface area (Å²) in [7, 11) is 2.16. The lowest BCUT2D eigenvalue weighted by atomic mass is 9.86. The van der Waals surface area contributed by atoms with Gasteiger partial charge < -0.3 is 15.0 Å². The van der Waals surface area contributed by atoms with Crippen LogP contribution in [0, 0.1) is 5.92 Å². The number of rotatable bonds is 1. The van der Waals surface area contributed by atoms with E-state index in [-0.39, 0.29) is 5.91 Å². The second-order valence-corrected chi connectivity index (χ2v) is 7.52. The molecule has 0 radical (unpaired) electrons. The van der Waals surface area contributed by atoms with Crippen LogP contribution >= 0.6 is 0 Å². The number of nitrogens with one attached hydrogen (secondary N) is 1. The molecule has 1 saturated heterocycles. The van der Waals surface area contributed by atoms with Gasteiger partial charge in [-0.05, 0) is 47.4 Å². The van der Waals surface area contributed by atoms with Crippen LogP contribution < -0.4 is 10.1 Å². The summed E-state index contributed by atoms with van der Waals surface area (Å²) in [6.07, 6.45) is 0.985. The average molecular weight is 334 g/mol. The summed E-state index contributed by atoms with van der Waals surface area (Å²) in [4.78, 5) is 15.0. The van der Waals surface area contributed by atoms with Crippen molar-refractivity contribution in [2.24, 2.45) is 5.92 Å². The first kappa shape index (κ1) is 15.0. The molecule has 0 saturated carbocycles. The molecule has 128 valence electrons. The summed E-state index contributed by atoms with van der Waals surface area (Å²) in [5, 5.41) is 3.12. The van der Waals surface area contributed by atoms with Crippen molar-refractivity contribution in [3.63, 3.8) is 0 Å². The van der Waals surface area contributed by atoms with Gasteiger partial charge in [0.2, 0.25) is 0 Å². The largest absolute Gasteiger partial charge is 0.493 e. The second kappa shape index (κ2) is 5.60. The fourth-order valence-electron chi connectivity index (χ4n) is 4.57. The van der Waals surface area contributed by atoms with Crippen LogP contribution in [0.25, 0.3) is 11.1 Å². The maximum Gasteiger partial charge on any atom is 0.251 e. The molecule has 0 aromatic heterocycles. The van der Waals surface area contributed by atoms with Crippen LogP contribution in [0.4, 0.5) is 0 Å². The molecule has 0 spiro atoms. The molecule has 1 N–H and O–H groups in total. The zero-order chi connectivity index (χ0) is 17.0. The molecule has 2 aromatic rings. The van der Waals surface area contributed by atoms with Crippen molar-refractivity contribution in [3.05, 3.63) is 53.1 Å². The highest BCUT2D eigenvalue weighted by atomic mass is 16.5. The van der Waals surface area contributed by atoms with E-state index in [9.17, 15) is 4.79 Å². The summed E-state index contributed by atoms with van der Waals surface area (Å²) in [6.45, 7) is 3.61. The molecule has 5 rings (SSSR count). The highest BCUT2D eigenvalue weighted by Gasteiger charge is 2.36. The summed E-state index contributed by atoms with van der Waals surface area (Å²) in [5.74, 6) is 1.99. The van der Waals surface area contributed by atoms with E-state index in [0.717, 1.165) is 55.1 Å². The van der Waals surface area contributed by atoms with Gasteiger partial charge in [0.15, 0.2) is 0 Å². The van der Waals surface area contributed by atoms with E-state index >= 15 is 0 Å². The van der Waals surface area contributed by atoms with Crippen molar-refractivity contribution in [3.8, 4) is 16.9 Å². The lowest BCUT2D eigenvalue weighted by Crippen LogP contribution is -2.29. The molecule has 3 aliphatic heterocycles. The van der Waals surface area contributed by atoms with Gasteiger partial charge in [0.1, 0.15) is 5.75 Å². The number of carbonyl (C=O) groups is 1. The molecule has 1 amide bonds. The Kier molecular flexibility index (Phi) is 3.35. The van der Waals surface area contributed by atoms with E-state index in [1.54, 1.807) is 0 Å². The molecule has 3 heterocycles. The van der Waals surface area contributed by atoms with Gasteiger partial charge in [-0.3, -0.25) is 4.79 Å². The molecule has 0 unspecified atom stereocenters. The first-order chi connectivity index (χ1) is 12.2. The number of likely N-dealkylation sites (tertiary alicyclic amines) is 1. The maximum atomic E-state index is 12.6. The van der Waals surface area contributed by atoms with E-state index in [2.05, 4.69) is 53.7 Å². The van der Waals surface area contributed by atoms with Crippen molar-refractivity contribution < 1.29 is 9.53 Å². The Bertz CT molecular complexity index is 861. The Morgan fingerprint density at radius 1 is 1.12 bits per heavy atom. The van der Waals surface area contributed by atoms with E-state index in [0.29, 0.717) is 11.8 Å². The van der Waals surface area contributed by atoms with Crippen LogP contribution in [0.1, 0.15) is 27.4 Å². The monoisotopic (exact) mass is 334 g/mol.